The van der Waals surface area contributed by atoms with Gasteiger partial charge in [-0.1, -0.05) is 81.4 Å². The Morgan fingerprint density at radius 1 is 0.887 bits per heavy atom. The maximum absolute atomic E-state index is 14.9. The van der Waals surface area contributed by atoms with Gasteiger partial charge in [0.25, 0.3) is 14.2 Å². The lowest BCUT2D eigenvalue weighted by Crippen LogP contribution is -2.68. The first kappa shape index (κ1) is 40.8. The molecule has 0 aliphatic carbocycles. The highest BCUT2D eigenvalue weighted by molar-refractivity contribution is 7.13. The zero-order chi connectivity index (χ0) is 39.0. The predicted molar refractivity (Wildman–Crippen MR) is 203 cm³/mol. The monoisotopic (exact) mass is 764 g/mol. The van der Waals surface area contributed by atoms with Crippen molar-refractivity contribution >= 4 is 59.6 Å². The van der Waals surface area contributed by atoms with Gasteiger partial charge >= 0.3 is 12.1 Å². The van der Waals surface area contributed by atoms with Gasteiger partial charge in [0.1, 0.15) is 34.2 Å². The van der Waals surface area contributed by atoms with E-state index in [1.54, 1.807) is 20.8 Å². The molecule has 0 fully saturated rings. The lowest BCUT2D eigenvalue weighted by molar-refractivity contribution is -0.146. The number of benzene rings is 3. The second kappa shape index (κ2) is 17.2. The molecule has 15 heteroatoms. The van der Waals surface area contributed by atoms with Gasteiger partial charge in [0.05, 0.1) is 26.0 Å². The van der Waals surface area contributed by atoms with Crippen molar-refractivity contribution in [2.45, 2.75) is 64.3 Å². The lowest BCUT2D eigenvalue weighted by atomic mass is 10.2. The number of esters is 1. The van der Waals surface area contributed by atoms with Crippen LogP contribution in [0.5, 0.6) is 0 Å². The number of halogens is 1. The Kier molecular flexibility index (Phi) is 13.3. The third-order valence-corrected chi connectivity index (χ3v) is 14.0. The van der Waals surface area contributed by atoms with Gasteiger partial charge < -0.3 is 29.6 Å². The Labute approximate surface area is 313 Å². The Hall–Kier alpha value is -4.96. The van der Waals surface area contributed by atoms with Crippen LogP contribution in [0.3, 0.4) is 0 Å². The van der Waals surface area contributed by atoms with E-state index in [-0.39, 0.29) is 23.0 Å². The van der Waals surface area contributed by atoms with Crippen molar-refractivity contribution in [3.05, 3.63) is 95.8 Å². The Bertz CT molecular complexity index is 1860. The quantitative estimate of drug-likeness (QED) is 0.112. The zero-order valence-electron chi connectivity index (χ0n) is 30.7. The van der Waals surface area contributed by atoms with Gasteiger partial charge in [0, 0.05) is 10.9 Å². The third kappa shape index (κ3) is 10.1. The van der Waals surface area contributed by atoms with Crippen molar-refractivity contribution in [2.24, 2.45) is 0 Å². The molecule has 282 valence electrons. The summed E-state index contributed by atoms with van der Waals surface area (Å²) in [5.74, 6) is -3.16. The molecule has 0 spiro atoms. The first-order valence-corrected chi connectivity index (χ1v) is 19.6. The summed E-state index contributed by atoms with van der Waals surface area (Å²) in [5.41, 5.74) is -0.625. The van der Waals surface area contributed by atoms with Crippen molar-refractivity contribution in [1.29, 1.82) is 0 Å². The number of aliphatic hydroxyl groups is 1. The molecule has 12 nitrogen and oxygen atoms in total. The summed E-state index contributed by atoms with van der Waals surface area (Å²) < 4.78 is 31.9. The highest BCUT2D eigenvalue weighted by Gasteiger charge is 2.50. The smallest absolute Gasteiger partial charge is 0.412 e. The highest BCUT2D eigenvalue weighted by Crippen LogP contribution is 2.37. The van der Waals surface area contributed by atoms with Crippen LogP contribution in [-0.2, 0) is 23.5 Å². The Morgan fingerprint density at radius 2 is 1.49 bits per heavy atom. The van der Waals surface area contributed by atoms with Crippen LogP contribution < -0.4 is 26.3 Å². The second-order valence-corrected chi connectivity index (χ2v) is 19.3. The largest absolute Gasteiger partial charge is 0.467 e. The summed E-state index contributed by atoms with van der Waals surface area (Å²) in [5, 5.41) is 20.7. The number of aromatic nitrogens is 1. The molecule has 1 heterocycles. The summed E-state index contributed by atoms with van der Waals surface area (Å²) in [7, 11) is -1.92. The number of anilines is 1. The molecule has 0 aliphatic heterocycles. The number of amides is 3. The molecular formula is C38H45FN4O8SSi. The number of hydrogen-bond acceptors (Lipinski definition) is 10. The van der Waals surface area contributed by atoms with Gasteiger partial charge in [-0.3, -0.25) is 14.9 Å². The van der Waals surface area contributed by atoms with Crippen molar-refractivity contribution in [2.75, 3.05) is 25.6 Å². The minimum absolute atomic E-state index is 0.0906. The summed E-state index contributed by atoms with van der Waals surface area (Å²) in [6.07, 6.45) is -0.815. The number of rotatable bonds is 13. The van der Waals surface area contributed by atoms with Crippen LogP contribution in [0.2, 0.25) is 5.04 Å². The molecule has 0 unspecified atom stereocenters. The fourth-order valence-corrected chi connectivity index (χ4v) is 11.0. The first-order chi connectivity index (χ1) is 25.0. The van der Waals surface area contributed by atoms with Crippen LogP contribution in [0.4, 0.5) is 14.9 Å². The molecule has 1 aromatic heterocycles. The lowest BCUT2D eigenvalue weighted by Gasteiger charge is -2.43. The number of aliphatic hydroxyl groups excluding tert-OH is 1. The number of nitrogens with one attached hydrogen (secondary N) is 3. The van der Waals surface area contributed by atoms with Gasteiger partial charge in [-0.15, -0.1) is 11.3 Å². The van der Waals surface area contributed by atoms with Crippen molar-refractivity contribution in [3.63, 3.8) is 0 Å². The SMILES string of the molecule is COC(=O)[C@H](CO[Si](c1ccccc1)(c1ccccc1)C(C)(C)C)NC(=O)[C@H](CO)NC(=O)c1csc(-c2ccc(NC(=O)OC(C)(C)C)c(F)c2)n1. The molecule has 2 atom stereocenters. The van der Waals surface area contributed by atoms with Crippen LogP contribution in [0.1, 0.15) is 52.0 Å². The fourth-order valence-electron chi connectivity index (χ4n) is 5.65. The van der Waals surface area contributed by atoms with Crippen LogP contribution in [0.25, 0.3) is 10.6 Å². The Morgan fingerprint density at radius 3 is 2.00 bits per heavy atom. The number of nitrogens with zero attached hydrogens (tertiary/aromatic N) is 1. The topological polar surface area (TPSA) is 165 Å². The fraction of sp³-hybridized carbons (Fsp3) is 0.342. The van der Waals surface area contributed by atoms with E-state index in [0.717, 1.165) is 27.8 Å². The van der Waals surface area contributed by atoms with E-state index in [2.05, 4.69) is 41.7 Å². The molecule has 0 saturated heterocycles. The normalized spacial score (nSPS) is 13.0. The number of thiazole rings is 1. The van der Waals surface area contributed by atoms with Gasteiger partial charge in [-0.05, 0) is 54.4 Å². The van der Waals surface area contributed by atoms with Gasteiger partial charge in [0.15, 0.2) is 0 Å². The van der Waals surface area contributed by atoms with Gasteiger partial charge in [-0.2, -0.15) is 0 Å². The second-order valence-electron chi connectivity index (χ2n) is 14.1. The van der Waals surface area contributed by atoms with E-state index in [0.29, 0.717) is 5.56 Å². The minimum Gasteiger partial charge on any atom is -0.467 e. The number of hydrogen-bond donors (Lipinski definition) is 4. The molecule has 3 amide bonds. The molecule has 4 rings (SSSR count). The van der Waals surface area contributed by atoms with Crippen LogP contribution >= 0.6 is 11.3 Å². The average Bonchev–Trinajstić information content (AvgIpc) is 3.61. The predicted octanol–water partition coefficient (Wildman–Crippen LogP) is 4.62. The molecule has 0 saturated carbocycles. The third-order valence-electron chi connectivity index (χ3n) is 8.08. The van der Waals surface area contributed by atoms with E-state index >= 15 is 0 Å². The summed E-state index contributed by atoms with van der Waals surface area (Å²) >= 11 is 1.05. The molecule has 3 aromatic carbocycles. The highest BCUT2D eigenvalue weighted by atomic mass is 32.1. The van der Waals surface area contributed by atoms with E-state index in [1.807, 2.05) is 60.7 Å². The molecule has 4 N–H and O–H groups in total. The number of carbonyl (C=O) groups is 4. The van der Waals surface area contributed by atoms with Crippen molar-refractivity contribution in [3.8, 4) is 10.6 Å². The van der Waals surface area contributed by atoms with E-state index in [4.69, 9.17) is 13.9 Å². The molecule has 4 aromatic rings. The molecular weight excluding hydrogens is 720 g/mol. The van der Waals surface area contributed by atoms with Crippen LogP contribution in [0, 0.1) is 5.82 Å². The maximum Gasteiger partial charge on any atom is 0.412 e. The molecule has 0 radical (unpaired) electrons. The molecule has 0 bridgehead atoms. The molecule has 0 aliphatic rings. The van der Waals surface area contributed by atoms with Crippen molar-refractivity contribution < 1.29 is 42.6 Å². The minimum atomic E-state index is -3.11. The van der Waals surface area contributed by atoms with Crippen LogP contribution in [0.15, 0.2) is 84.2 Å². The van der Waals surface area contributed by atoms with E-state index < -0.39 is 67.3 Å². The summed E-state index contributed by atoms with van der Waals surface area (Å²) in [6, 6.07) is 20.8. The average molecular weight is 765 g/mol. The summed E-state index contributed by atoms with van der Waals surface area (Å²) in [4.78, 5) is 56.0. The number of ether oxygens (including phenoxy) is 2. The standard InChI is InChI=1S/C38H45FN4O8SSi/c1-37(2,3)51-36(48)43-28-19-18-24(20-27(28)39)34-42-31(23-52-34)33(46)40-29(21-44)32(45)41-30(35(47)49-7)22-50-53(38(4,5)6,25-14-10-8-11-15-25)26-16-12-9-13-17-26/h8-20,23,29-30,44H,21-22H2,1-7H3,(H,40,46)(H,41,45)(H,43,48)/t29-,30-/m0/s1. The van der Waals surface area contributed by atoms with Gasteiger partial charge in [-0.25, -0.2) is 19.0 Å². The van der Waals surface area contributed by atoms with E-state index in [9.17, 15) is 28.7 Å². The zero-order valence-corrected chi connectivity index (χ0v) is 32.5. The van der Waals surface area contributed by atoms with Crippen LogP contribution in [-0.4, -0.2) is 80.3 Å². The maximum atomic E-state index is 14.9. The Balaban J connectivity index is 1.48. The number of carbonyl (C=O) groups excluding carboxylic acids is 4. The first-order valence-electron chi connectivity index (χ1n) is 16.8. The number of methoxy groups -OCH3 is 1. The summed E-state index contributed by atoms with van der Waals surface area (Å²) in [6.45, 7) is 10.2. The molecule has 53 heavy (non-hydrogen) atoms. The van der Waals surface area contributed by atoms with Gasteiger partial charge in [0.2, 0.25) is 5.91 Å². The van der Waals surface area contributed by atoms with E-state index in [1.165, 1.54) is 24.6 Å². The van der Waals surface area contributed by atoms with Crippen molar-refractivity contribution in [1.82, 2.24) is 15.6 Å².